The Bertz CT molecular complexity index is 531. The van der Waals surface area contributed by atoms with Gasteiger partial charge in [-0.25, -0.2) is 8.42 Å². The quantitative estimate of drug-likeness (QED) is 0.877. The van der Waals surface area contributed by atoms with Gasteiger partial charge in [-0.2, -0.15) is 4.31 Å². The van der Waals surface area contributed by atoms with Gasteiger partial charge in [0.2, 0.25) is 10.0 Å². The van der Waals surface area contributed by atoms with Gasteiger partial charge in [-0.05, 0) is 57.1 Å². The first-order valence-corrected chi connectivity index (χ1v) is 9.21. The monoisotopic (exact) mass is 360 g/mol. The summed E-state index contributed by atoms with van der Waals surface area (Å²) < 4.78 is 28.1. The van der Waals surface area contributed by atoms with E-state index in [2.05, 4.69) is 21.2 Å². The average Bonchev–Trinajstić information content (AvgIpc) is 2.46. The lowest BCUT2D eigenvalue weighted by molar-refractivity contribution is 0.240. The Morgan fingerprint density at radius 2 is 2.00 bits per heavy atom. The van der Waals surface area contributed by atoms with Crippen molar-refractivity contribution in [3.8, 4) is 0 Å². The Kier molecular flexibility index (Phi) is 5.60. The minimum absolute atomic E-state index is 0.116. The minimum Gasteiger partial charge on any atom is -0.320 e. The molecule has 0 bridgehead atoms. The van der Waals surface area contributed by atoms with E-state index in [1.807, 2.05) is 7.05 Å². The summed E-state index contributed by atoms with van der Waals surface area (Å²) in [5, 5.41) is 3.11. The third kappa shape index (κ3) is 3.61. The second kappa shape index (κ2) is 7.02. The van der Waals surface area contributed by atoms with Gasteiger partial charge in [0, 0.05) is 17.1 Å². The van der Waals surface area contributed by atoms with E-state index in [9.17, 15) is 8.42 Å². The van der Waals surface area contributed by atoms with Crippen LogP contribution in [-0.4, -0.2) is 38.9 Å². The topological polar surface area (TPSA) is 49.4 Å². The van der Waals surface area contributed by atoms with Gasteiger partial charge >= 0.3 is 0 Å². The Labute approximate surface area is 129 Å². The van der Waals surface area contributed by atoms with Gasteiger partial charge in [-0.1, -0.05) is 22.4 Å². The van der Waals surface area contributed by atoms with E-state index in [0.717, 1.165) is 36.7 Å². The van der Waals surface area contributed by atoms with E-state index in [1.165, 1.54) is 0 Å². The Balaban J connectivity index is 2.23. The molecule has 0 spiro atoms. The second-order valence-electron chi connectivity index (χ2n) is 5.11. The highest BCUT2D eigenvalue weighted by Gasteiger charge is 2.32. The van der Waals surface area contributed by atoms with E-state index < -0.39 is 10.0 Å². The molecular weight excluding hydrogens is 340 g/mol. The normalized spacial score (nSPS) is 21.0. The van der Waals surface area contributed by atoms with Crippen molar-refractivity contribution in [3.05, 3.63) is 28.7 Å². The maximum Gasteiger partial charge on any atom is 0.243 e. The zero-order valence-electron chi connectivity index (χ0n) is 11.7. The third-order valence-corrected chi connectivity index (χ3v) is 6.22. The molecule has 1 aromatic carbocycles. The molecule has 1 aliphatic rings. The zero-order chi connectivity index (χ0) is 14.6. The standard InChI is InChI=1S/C14H21BrN2O2S/c1-16-10-9-13-4-2-3-11-17(13)20(18,19)14-7-5-12(15)6-8-14/h5-8,13,16H,2-4,9-11H2,1H3. The SMILES string of the molecule is CNCCC1CCCCN1S(=O)(=O)c1ccc(Br)cc1. The van der Waals surface area contributed by atoms with Crippen molar-refractivity contribution in [1.82, 2.24) is 9.62 Å². The number of piperidine rings is 1. The van der Waals surface area contributed by atoms with Gasteiger partial charge in [-0.15, -0.1) is 0 Å². The van der Waals surface area contributed by atoms with Crippen LogP contribution >= 0.6 is 15.9 Å². The maximum atomic E-state index is 12.8. The van der Waals surface area contributed by atoms with E-state index in [1.54, 1.807) is 28.6 Å². The van der Waals surface area contributed by atoms with Crippen LogP contribution in [0.4, 0.5) is 0 Å². The highest BCUT2D eigenvalue weighted by Crippen LogP contribution is 2.27. The van der Waals surface area contributed by atoms with Crippen molar-refractivity contribution in [3.63, 3.8) is 0 Å². The molecule has 1 saturated heterocycles. The molecule has 1 fully saturated rings. The molecule has 0 amide bonds. The molecule has 1 aromatic rings. The van der Waals surface area contributed by atoms with Crippen LogP contribution in [0.5, 0.6) is 0 Å². The average molecular weight is 361 g/mol. The van der Waals surface area contributed by atoms with Crippen molar-refractivity contribution >= 4 is 26.0 Å². The van der Waals surface area contributed by atoms with Crippen molar-refractivity contribution < 1.29 is 8.42 Å². The lowest BCUT2D eigenvalue weighted by Gasteiger charge is -2.34. The number of nitrogens with zero attached hydrogens (tertiary/aromatic N) is 1. The highest BCUT2D eigenvalue weighted by atomic mass is 79.9. The number of halogens is 1. The molecule has 0 aromatic heterocycles. The molecule has 1 heterocycles. The van der Waals surface area contributed by atoms with Crippen molar-refractivity contribution in [2.75, 3.05) is 20.1 Å². The van der Waals surface area contributed by atoms with Crippen LogP contribution in [0.3, 0.4) is 0 Å². The van der Waals surface area contributed by atoms with E-state index in [4.69, 9.17) is 0 Å². The number of hydrogen-bond acceptors (Lipinski definition) is 3. The van der Waals surface area contributed by atoms with Gasteiger partial charge < -0.3 is 5.32 Å². The van der Waals surface area contributed by atoms with Gasteiger partial charge in [0.25, 0.3) is 0 Å². The van der Waals surface area contributed by atoms with Gasteiger partial charge in [-0.3, -0.25) is 0 Å². The lowest BCUT2D eigenvalue weighted by Crippen LogP contribution is -2.44. The highest BCUT2D eigenvalue weighted by molar-refractivity contribution is 9.10. The summed E-state index contributed by atoms with van der Waals surface area (Å²) in [4.78, 5) is 0.386. The molecule has 4 nitrogen and oxygen atoms in total. The fourth-order valence-corrected chi connectivity index (χ4v) is 4.62. The van der Waals surface area contributed by atoms with Crippen LogP contribution in [0.2, 0.25) is 0 Å². The van der Waals surface area contributed by atoms with Crippen LogP contribution in [-0.2, 0) is 10.0 Å². The predicted octanol–water partition coefficient (Wildman–Crippen LogP) is 2.60. The van der Waals surface area contributed by atoms with Crippen molar-refractivity contribution in [2.24, 2.45) is 0 Å². The maximum absolute atomic E-state index is 12.8. The van der Waals surface area contributed by atoms with Crippen LogP contribution in [0.25, 0.3) is 0 Å². The molecule has 2 rings (SSSR count). The minimum atomic E-state index is -3.37. The number of hydrogen-bond donors (Lipinski definition) is 1. The van der Waals surface area contributed by atoms with Gasteiger partial charge in [0.05, 0.1) is 4.90 Å². The number of benzene rings is 1. The summed E-state index contributed by atoms with van der Waals surface area (Å²) in [5.41, 5.74) is 0. The summed E-state index contributed by atoms with van der Waals surface area (Å²) >= 11 is 3.34. The van der Waals surface area contributed by atoms with Crippen molar-refractivity contribution in [2.45, 2.75) is 36.6 Å². The molecular formula is C14H21BrN2O2S. The first kappa shape index (κ1) is 15.9. The van der Waals surface area contributed by atoms with Crippen molar-refractivity contribution in [1.29, 1.82) is 0 Å². The smallest absolute Gasteiger partial charge is 0.243 e. The Morgan fingerprint density at radius 1 is 1.30 bits per heavy atom. The molecule has 1 aliphatic heterocycles. The Hall–Kier alpha value is -0.430. The number of nitrogens with one attached hydrogen (secondary N) is 1. The van der Waals surface area contributed by atoms with E-state index in [0.29, 0.717) is 11.4 Å². The Morgan fingerprint density at radius 3 is 2.65 bits per heavy atom. The number of sulfonamides is 1. The summed E-state index contributed by atoms with van der Waals surface area (Å²) in [6.45, 7) is 1.48. The summed E-state index contributed by atoms with van der Waals surface area (Å²) in [6, 6.07) is 7.01. The van der Waals surface area contributed by atoms with Crippen LogP contribution in [0.1, 0.15) is 25.7 Å². The molecule has 0 aliphatic carbocycles. The molecule has 1 atom stereocenters. The number of rotatable bonds is 5. The zero-order valence-corrected chi connectivity index (χ0v) is 14.1. The molecule has 6 heteroatoms. The molecule has 20 heavy (non-hydrogen) atoms. The lowest BCUT2D eigenvalue weighted by atomic mass is 10.0. The second-order valence-corrected chi connectivity index (χ2v) is 7.92. The molecule has 0 saturated carbocycles. The van der Waals surface area contributed by atoms with E-state index >= 15 is 0 Å². The largest absolute Gasteiger partial charge is 0.320 e. The fraction of sp³-hybridized carbons (Fsp3) is 0.571. The van der Waals surface area contributed by atoms with Gasteiger partial charge in [0.15, 0.2) is 0 Å². The third-order valence-electron chi connectivity index (χ3n) is 3.72. The molecule has 112 valence electrons. The molecule has 1 unspecified atom stereocenters. The summed E-state index contributed by atoms with van der Waals surface area (Å²) in [5.74, 6) is 0. The summed E-state index contributed by atoms with van der Waals surface area (Å²) in [7, 11) is -1.47. The van der Waals surface area contributed by atoms with Crippen LogP contribution < -0.4 is 5.32 Å². The predicted molar refractivity (Wildman–Crippen MR) is 84.2 cm³/mol. The van der Waals surface area contributed by atoms with E-state index in [-0.39, 0.29) is 6.04 Å². The van der Waals surface area contributed by atoms with Gasteiger partial charge in [0.1, 0.15) is 0 Å². The summed E-state index contributed by atoms with van der Waals surface area (Å²) in [6.07, 6.45) is 3.89. The fourth-order valence-electron chi connectivity index (χ4n) is 2.63. The molecule has 1 N–H and O–H groups in total. The first-order valence-electron chi connectivity index (χ1n) is 6.97. The first-order chi connectivity index (χ1) is 9.55. The van der Waals surface area contributed by atoms with Crippen LogP contribution in [0, 0.1) is 0 Å². The molecule has 0 radical (unpaired) electrons. The van der Waals surface area contributed by atoms with Crippen LogP contribution in [0.15, 0.2) is 33.6 Å².